The van der Waals surface area contributed by atoms with Gasteiger partial charge >= 0.3 is 5.97 Å². The summed E-state index contributed by atoms with van der Waals surface area (Å²) in [5, 5.41) is 10.0. The van der Waals surface area contributed by atoms with Crippen LogP contribution in [-0.2, 0) is 26.4 Å². The molecule has 1 aliphatic rings. The standard InChI is InChI=1S/C18H16ClNO6S2/c19-16-7-6-14(18(21)22)10-17(16)28(25,26)20(11-13-4-2-1-3-5-13)15-8-9-27(23,24)12-15/h1-10,15H,11-12H2,(H,21,22)/t15-/m1/s1. The smallest absolute Gasteiger partial charge is 0.335 e. The Kier molecular flexibility index (Phi) is 5.62. The van der Waals surface area contributed by atoms with E-state index in [9.17, 15) is 26.7 Å². The van der Waals surface area contributed by atoms with Crippen molar-refractivity contribution < 1.29 is 26.7 Å². The van der Waals surface area contributed by atoms with Gasteiger partial charge in [-0.15, -0.1) is 0 Å². The molecule has 0 saturated carbocycles. The maximum Gasteiger partial charge on any atom is 0.335 e. The largest absolute Gasteiger partial charge is 0.478 e. The number of rotatable bonds is 6. The third-order valence-corrected chi connectivity index (χ3v) is 7.96. The summed E-state index contributed by atoms with van der Waals surface area (Å²) in [5.41, 5.74) is 0.409. The number of nitrogens with zero attached hydrogens (tertiary/aromatic N) is 1. The molecule has 0 spiro atoms. The quantitative estimate of drug-likeness (QED) is 0.737. The Labute approximate surface area is 167 Å². The molecule has 0 fully saturated rings. The Morgan fingerprint density at radius 1 is 1.18 bits per heavy atom. The highest BCUT2D eigenvalue weighted by atomic mass is 35.5. The summed E-state index contributed by atoms with van der Waals surface area (Å²) < 4.78 is 51.4. The van der Waals surface area contributed by atoms with Gasteiger partial charge in [0.05, 0.1) is 22.4 Å². The van der Waals surface area contributed by atoms with Crippen molar-refractivity contribution in [1.82, 2.24) is 4.31 Å². The summed E-state index contributed by atoms with van der Waals surface area (Å²) in [6, 6.07) is 11.1. The monoisotopic (exact) mass is 441 g/mol. The van der Waals surface area contributed by atoms with Crippen LogP contribution >= 0.6 is 11.6 Å². The fourth-order valence-corrected chi connectivity index (χ4v) is 6.31. The summed E-state index contributed by atoms with van der Waals surface area (Å²) in [6.07, 6.45) is 1.31. The van der Waals surface area contributed by atoms with Crippen LogP contribution in [0.5, 0.6) is 0 Å². The predicted octanol–water partition coefficient (Wildman–Crippen LogP) is 2.54. The van der Waals surface area contributed by atoms with Crippen LogP contribution in [0.1, 0.15) is 15.9 Å². The van der Waals surface area contributed by atoms with E-state index in [0.717, 1.165) is 15.8 Å². The minimum atomic E-state index is -4.30. The molecule has 0 amide bonds. The summed E-state index contributed by atoms with van der Waals surface area (Å²) in [7, 11) is -7.82. The first kappa shape index (κ1) is 20.5. The second kappa shape index (κ2) is 7.67. The van der Waals surface area contributed by atoms with E-state index in [0.29, 0.717) is 5.56 Å². The number of aromatic carboxylic acids is 1. The zero-order chi connectivity index (χ0) is 20.5. The SMILES string of the molecule is O=C(O)c1ccc(Cl)c(S(=O)(=O)N(Cc2ccccc2)[C@@H]2C=CS(=O)(=O)C2)c1. The zero-order valence-corrected chi connectivity index (χ0v) is 16.8. The van der Waals surface area contributed by atoms with Gasteiger partial charge in [-0.3, -0.25) is 0 Å². The molecule has 28 heavy (non-hydrogen) atoms. The summed E-state index contributed by atoms with van der Waals surface area (Å²) in [4.78, 5) is 10.9. The van der Waals surface area contributed by atoms with Crippen molar-refractivity contribution in [1.29, 1.82) is 0 Å². The molecule has 1 atom stereocenters. The number of carbonyl (C=O) groups is 1. The van der Waals surface area contributed by atoms with Crippen LogP contribution in [0.3, 0.4) is 0 Å². The lowest BCUT2D eigenvalue weighted by atomic mass is 10.2. The molecular formula is C18H16ClNO6S2. The first-order valence-corrected chi connectivity index (χ1v) is 11.6. The van der Waals surface area contributed by atoms with Gasteiger partial charge in [0.2, 0.25) is 10.0 Å². The predicted molar refractivity (Wildman–Crippen MR) is 104 cm³/mol. The van der Waals surface area contributed by atoms with E-state index in [1.165, 1.54) is 18.2 Å². The van der Waals surface area contributed by atoms with Crippen molar-refractivity contribution in [2.75, 3.05) is 5.75 Å². The Morgan fingerprint density at radius 2 is 1.86 bits per heavy atom. The Morgan fingerprint density at radius 3 is 2.43 bits per heavy atom. The van der Waals surface area contributed by atoms with E-state index in [-0.39, 0.29) is 22.0 Å². The first-order chi connectivity index (χ1) is 13.1. The van der Waals surface area contributed by atoms with E-state index >= 15 is 0 Å². The number of benzene rings is 2. The molecule has 1 N–H and O–H groups in total. The van der Waals surface area contributed by atoms with Crippen molar-refractivity contribution in [2.24, 2.45) is 0 Å². The number of carboxylic acids is 1. The highest BCUT2D eigenvalue weighted by Crippen LogP contribution is 2.30. The van der Waals surface area contributed by atoms with Gasteiger partial charge in [0.1, 0.15) is 4.90 Å². The number of sulfonamides is 1. The molecule has 1 aliphatic heterocycles. The van der Waals surface area contributed by atoms with Crippen molar-refractivity contribution in [3.8, 4) is 0 Å². The van der Waals surface area contributed by atoms with Gasteiger partial charge in [0, 0.05) is 12.0 Å². The second-order valence-corrected chi connectivity index (χ2v) is 10.4. The van der Waals surface area contributed by atoms with Crippen LogP contribution in [0.4, 0.5) is 0 Å². The molecule has 2 aromatic carbocycles. The number of halogens is 1. The molecule has 148 valence electrons. The molecule has 1 heterocycles. The molecule has 0 aliphatic carbocycles. The second-order valence-electron chi connectivity index (χ2n) is 6.21. The molecule has 7 nitrogen and oxygen atoms in total. The summed E-state index contributed by atoms with van der Waals surface area (Å²) >= 11 is 6.06. The van der Waals surface area contributed by atoms with E-state index in [1.54, 1.807) is 30.3 Å². The lowest BCUT2D eigenvalue weighted by Crippen LogP contribution is -2.40. The maximum atomic E-state index is 13.4. The molecule has 0 radical (unpaired) electrons. The fraction of sp³-hybridized carbons (Fsp3) is 0.167. The van der Waals surface area contributed by atoms with Gasteiger partial charge in [-0.2, -0.15) is 4.31 Å². The fourth-order valence-electron chi connectivity index (χ4n) is 2.84. The van der Waals surface area contributed by atoms with Crippen LogP contribution < -0.4 is 0 Å². The van der Waals surface area contributed by atoms with Crippen molar-refractivity contribution in [3.05, 3.63) is 76.2 Å². The van der Waals surface area contributed by atoms with Gasteiger partial charge in [-0.1, -0.05) is 48.0 Å². The Hall–Kier alpha value is -2.20. The lowest BCUT2D eigenvalue weighted by Gasteiger charge is -2.27. The molecular weight excluding hydrogens is 426 g/mol. The third-order valence-electron chi connectivity index (χ3n) is 4.23. The van der Waals surface area contributed by atoms with Gasteiger partial charge in [-0.25, -0.2) is 21.6 Å². The normalized spacial score (nSPS) is 18.4. The molecule has 0 unspecified atom stereocenters. The number of hydrogen-bond acceptors (Lipinski definition) is 5. The Bertz CT molecular complexity index is 1140. The van der Waals surface area contributed by atoms with Crippen LogP contribution in [0.2, 0.25) is 5.02 Å². The van der Waals surface area contributed by atoms with Gasteiger partial charge in [-0.05, 0) is 23.8 Å². The van der Waals surface area contributed by atoms with Crippen molar-refractivity contribution in [2.45, 2.75) is 17.5 Å². The highest BCUT2D eigenvalue weighted by molar-refractivity contribution is 7.94. The average molecular weight is 442 g/mol. The summed E-state index contributed by atoms with van der Waals surface area (Å²) in [5.74, 6) is -1.69. The number of hydrogen-bond donors (Lipinski definition) is 1. The van der Waals surface area contributed by atoms with Crippen molar-refractivity contribution >= 4 is 37.4 Å². The van der Waals surface area contributed by atoms with E-state index in [1.807, 2.05) is 0 Å². The van der Waals surface area contributed by atoms with Crippen LogP contribution in [-0.4, -0.2) is 44.0 Å². The molecule has 2 aromatic rings. The molecule has 0 aromatic heterocycles. The minimum absolute atomic E-state index is 0.0959. The zero-order valence-electron chi connectivity index (χ0n) is 14.4. The van der Waals surface area contributed by atoms with Crippen LogP contribution in [0, 0.1) is 0 Å². The molecule has 0 saturated heterocycles. The lowest BCUT2D eigenvalue weighted by molar-refractivity contribution is 0.0696. The van der Waals surface area contributed by atoms with Gasteiger partial charge in [0.25, 0.3) is 0 Å². The van der Waals surface area contributed by atoms with E-state index < -0.39 is 37.6 Å². The topological polar surface area (TPSA) is 109 Å². The third kappa shape index (κ3) is 4.27. The molecule has 10 heteroatoms. The number of carboxylic acid groups (broad SMARTS) is 1. The molecule has 3 rings (SSSR count). The first-order valence-electron chi connectivity index (χ1n) is 8.10. The van der Waals surface area contributed by atoms with Crippen LogP contribution in [0.15, 0.2) is 64.9 Å². The summed E-state index contributed by atoms with van der Waals surface area (Å²) in [6.45, 7) is -0.0959. The van der Waals surface area contributed by atoms with E-state index in [4.69, 9.17) is 11.6 Å². The van der Waals surface area contributed by atoms with Gasteiger partial charge < -0.3 is 5.11 Å². The Balaban J connectivity index is 2.10. The maximum absolute atomic E-state index is 13.4. The van der Waals surface area contributed by atoms with Crippen molar-refractivity contribution in [3.63, 3.8) is 0 Å². The minimum Gasteiger partial charge on any atom is -0.478 e. The average Bonchev–Trinajstić information content (AvgIpc) is 2.99. The van der Waals surface area contributed by atoms with Crippen LogP contribution in [0.25, 0.3) is 0 Å². The highest BCUT2D eigenvalue weighted by Gasteiger charge is 2.37. The molecule has 0 bridgehead atoms. The number of sulfone groups is 1. The van der Waals surface area contributed by atoms with E-state index in [2.05, 4.69) is 0 Å². The van der Waals surface area contributed by atoms with Gasteiger partial charge in [0.15, 0.2) is 9.84 Å².